The van der Waals surface area contributed by atoms with Gasteiger partial charge in [-0.05, 0) is 24.0 Å². The Balaban J connectivity index is 2.93. The molecule has 0 radical (unpaired) electrons. The molecule has 1 heterocycles. The summed E-state index contributed by atoms with van der Waals surface area (Å²) < 4.78 is 0. The fraction of sp³-hybridized carbons (Fsp3) is 0.615. The van der Waals surface area contributed by atoms with E-state index in [0.29, 0.717) is 11.3 Å². The van der Waals surface area contributed by atoms with Gasteiger partial charge < -0.3 is 0 Å². The summed E-state index contributed by atoms with van der Waals surface area (Å²) in [5.41, 5.74) is 1.59. The highest BCUT2D eigenvalue weighted by atomic mass is 14.7. The van der Waals surface area contributed by atoms with E-state index < -0.39 is 0 Å². The van der Waals surface area contributed by atoms with Gasteiger partial charge in [0.1, 0.15) is 0 Å². The van der Waals surface area contributed by atoms with Crippen LogP contribution in [0.5, 0.6) is 0 Å². The third-order valence-electron chi connectivity index (χ3n) is 3.31. The van der Waals surface area contributed by atoms with Crippen LogP contribution in [0.25, 0.3) is 0 Å². The van der Waals surface area contributed by atoms with Gasteiger partial charge in [0.25, 0.3) is 0 Å². The Kier molecular flexibility index (Phi) is 3.68. The smallest absolute Gasteiger partial charge is 0.0439 e. The molecule has 1 unspecified atom stereocenters. The van der Waals surface area contributed by atoms with E-state index in [2.05, 4.69) is 44.8 Å². The van der Waals surface area contributed by atoms with Crippen molar-refractivity contribution >= 4 is 0 Å². The van der Waals surface area contributed by atoms with E-state index in [1.54, 1.807) is 0 Å². The SMILES string of the molecule is CCC(c1ccccn1)C(C)(C)CC. The molecule has 14 heavy (non-hydrogen) atoms. The summed E-state index contributed by atoms with van der Waals surface area (Å²) >= 11 is 0. The van der Waals surface area contributed by atoms with Crippen LogP contribution in [0.2, 0.25) is 0 Å². The van der Waals surface area contributed by atoms with Crippen LogP contribution in [-0.4, -0.2) is 4.98 Å². The van der Waals surface area contributed by atoms with Crippen LogP contribution < -0.4 is 0 Å². The number of pyridine rings is 1. The Labute approximate surface area is 87.6 Å². The maximum absolute atomic E-state index is 4.46. The minimum Gasteiger partial charge on any atom is -0.261 e. The number of hydrogen-bond acceptors (Lipinski definition) is 1. The monoisotopic (exact) mass is 191 g/mol. The maximum atomic E-state index is 4.46. The molecule has 1 aromatic rings. The summed E-state index contributed by atoms with van der Waals surface area (Å²) in [5, 5.41) is 0. The Morgan fingerprint density at radius 1 is 1.29 bits per heavy atom. The first-order valence-electron chi connectivity index (χ1n) is 5.52. The molecule has 1 rings (SSSR count). The molecule has 0 spiro atoms. The molecular weight excluding hydrogens is 170 g/mol. The molecular formula is C13H21N. The summed E-state index contributed by atoms with van der Waals surface area (Å²) in [7, 11) is 0. The standard InChI is InChI=1S/C13H21N/c1-5-11(13(3,4)6-2)12-9-7-8-10-14-12/h7-11H,5-6H2,1-4H3. The maximum Gasteiger partial charge on any atom is 0.0439 e. The van der Waals surface area contributed by atoms with Gasteiger partial charge in [-0.1, -0.05) is 40.2 Å². The first-order chi connectivity index (χ1) is 6.61. The van der Waals surface area contributed by atoms with Crippen molar-refractivity contribution in [2.24, 2.45) is 5.41 Å². The number of aromatic nitrogens is 1. The normalized spacial score (nSPS) is 14.0. The fourth-order valence-electron chi connectivity index (χ4n) is 1.99. The molecule has 0 fully saturated rings. The van der Waals surface area contributed by atoms with Crippen LogP contribution in [0.1, 0.15) is 52.1 Å². The summed E-state index contributed by atoms with van der Waals surface area (Å²) in [6.07, 6.45) is 4.25. The lowest BCUT2D eigenvalue weighted by Gasteiger charge is -2.32. The number of hydrogen-bond donors (Lipinski definition) is 0. The number of rotatable bonds is 4. The topological polar surface area (TPSA) is 12.9 Å². The molecule has 0 aromatic carbocycles. The van der Waals surface area contributed by atoms with E-state index in [4.69, 9.17) is 0 Å². The molecule has 0 aliphatic carbocycles. The molecule has 78 valence electrons. The lowest BCUT2D eigenvalue weighted by atomic mass is 9.73. The zero-order chi connectivity index (χ0) is 10.6. The molecule has 1 aromatic heterocycles. The second-order valence-electron chi connectivity index (χ2n) is 4.56. The van der Waals surface area contributed by atoms with Gasteiger partial charge in [0.15, 0.2) is 0 Å². The van der Waals surface area contributed by atoms with Crippen LogP contribution in [0, 0.1) is 5.41 Å². The summed E-state index contributed by atoms with van der Waals surface area (Å²) in [4.78, 5) is 4.46. The van der Waals surface area contributed by atoms with Crippen molar-refractivity contribution in [3.63, 3.8) is 0 Å². The van der Waals surface area contributed by atoms with E-state index in [9.17, 15) is 0 Å². The molecule has 0 aliphatic heterocycles. The Morgan fingerprint density at radius 3 is 2.43 bits per heavy atom. The van der Waals surface area contributed by atoms with Crippen molar-refractivity contribution in [1.82, 2.24) is 4.98 Å². The van der Waals surface area contributed by atoms with E-state index in [1.165, 1.54) is 12.1 Å². The highest BCUT2D eigenvalue weighted by Gasteiger charge is 2.28. The van der Waals surface area contributed by atoms with Gasteiger partial charge in [-0.15, -0.1) is 0 Å². The van der Waals surface area contributed by atoms with Crippen LogP contribution in [0.3, 0.4) is 0 Å². The molecule has 0 saturated heterocycles. The fourth-order valence-corrected chi connectivity index (χ4v) is 1.99. The van der Waals surface area contributed by atoms with Crippen molar-refractivity contribution in [3.05, 3.63) is 30.1 Å². The average molecular weight is 191 g/mol. The summed E-state index contributed by atoms with van der Waals surface area (Å²) in [6, 6.07) is 6.21. The summed E-state index contributed by atoms with van der Waals surface area (Å²) in [6.45, 7) is 9.16. The molecule has 0 saturated carbocycles. The van der Waals surface area contributed by atoms with Crippen molar-refractivity contribution in [2.45, 2.75) is 46.5 Å². The van der Waals surface area contributed by atoms with E-state index >= 15 is 0 Å². The van der Waals surface area contributed by atoms with Crippen LogP contribution >= 0.6 is 0 Å². The zero-order valence-corrected chi connectivity index (χ0v) is 9.75. The van der Waals surface area contributed by atoms with Crippen molar-refractivity contribution in [1.29, 1.82) is 0 Å². The van der Waals surface area contributed by atoms with E-state index in [1.807, 2.05) is 12.3 Å². The predicted octanol–water partition coefficient (Wildman–Crippen LogP) is 4.01. The van der Waals surface area contributed by atoms with Crippen LogP contribution in [0.15, 0.2) is 24.4 Å². The third-order valence-corrected chi connectivity index (χ3v) is 3.31. The Bertz CT molecular complexity index is 264. The number of nitrogens with zero attached hydrogens (tertiary/aromatic N) is 1. The first kappa shape index (κ1) is 11.2. The minimum absolute atomic E-state index is 0.350. The zero-order valence-electron chi connectivity index (χ0n) is 9.75. The lowest BCUT2D eigenvalue weighted by Crippen LogP contribution is -2.21. The molecule has 1 nitrogen and oxygen atoms in total. The van der Waals surface area contributed by atoms with Gasteiger partial charge in [0.2, 0.25) is 0 Å². The quantitative estimate of drug-likeness (QED) is 0.700. The average Bonchev–Trinajstić information content (AvgIpc) is 2.20. The van der Waals surface area contributed by atoms with Gasteiger partial charge in [-0.3, -0.25) is 4.98 Å². The van der Waals surface area contributed by atoms with Gasteiger partial charge in [0.05, 0.1) is 0 Å². The second kappa shape index (κ2) is 4.59. The van der Waals surface area contributed by atoms with Crippen LogP contribution in [0.4, 0.5) is 0 Å². The van der Waals surface area contributed by atoms with E-state index in [0.717, 1.165) is 6.42 Å². The minimum atomic E-state index is 0.350. The molecule has 0 bridgehead atoms. The van der Waals surface area contributed by atoms with Gasteiger partial charge >= 0.3 is 0 Å². The molecule has 1 heteroatoms. The predicted molar refractivity (Wildman–Crippen MR) is 61.3 cm³/mol. The largest absolute Gasteiger partial charge is 0.261 e. The van der Waals surface area contributed by atoms with Gasteiger partial charge in [-0.2, -0.15) is 0 Å². The summed E-state index contributed by atoms with van der Waals surface area (Å²) in [5.74, 6) is 0.577. The lowest BCUT2D eigenvalue weighted by molar-refractivity contribution is 0.262. The highest BCUT2D eigenvalue weighted by Crippen LogP contribution is 2.39. The Morgan fingerprint density at radius 2 is 2.00 bits per heavy atom. The van der Waals surface area contributed by atoms with Crippen molar-refractivity contribution < 1.29 is 0 Å². The van der Waals surface area contributed by atoms with Crippen molar-refractivity contribution in [2.75, 3.05) is 0 Å². The van der Waals surface area contributed by atoms with E-state index in [-0.39, 0.29) is 0 Å². The molecule has 1 atom stereocenters. The first-order valence-corrected chi connectivity index (χ1v) is 5.52. The van der Waals surface area contributed by atoms with Gasteiger partial charge in [0, 0.05) is 17.8 Å². The van der Waals surface area contributed by atoms with Gasteiger partial charge in [-0.25, -0.2) is 0 Å². The third kappa shape index (κ3) is 2.34. The van der Waals surface area contributed by atoms with Crippen molar-refractivity contribution in [3.8, 4) is 0 Å². The second-order valence-corrected chi connectivity index (χ2v) is 4.56. The molecule has 0 aliphatic rings. The highest BCUT2D eigenvalue weighted by molar-refractivity contribution is 5.12. The molecule has 0 amide bonds. The van der Waals surface area contributed by atoms with Crippen LogP contribution in [-0.2, 0) is 0 Å². The molecule has 0 N–H and O–H groups in total. The Hall–Kier alpha value is -0.850.